The predicted molar refractivity (Wildman–Crippen MR) is 101 cm³/mol. The van der Waals surface area contributed by atoms with Crippen molar-refractivity contribution >= 4 is 17.8 Å². The lowest BCUT2D eigenvalue weighted by atomic mass is 9.79. The van der Waals surface area contributed by atoms with Crippen molar-refractivity contribution in [2.24, 2.45) is 5.92 Å². The molecular weight excluding hydrogens is 365 g/mol. The molecule has 7 heteroatoms. The van der Waals surface area contributed by atoms with Crippen LogP contribution in [0.1, 0.15) is 51.5 Å². The zero-order chi connectivity index (χ0) is 20.7. The van der Waals surface area contributed by atoms with Gasteiger partial charge in [0.15, 0.2) is 6.61 Å². The maximum Gasteiger partial charge on any atom is 0.328 e. The van der Waals surface area contributed by atoms with Gasteiger partial charge in [0, 0.05) is 0 Å². The van der Waals surface area contributed by atoms with Crippen molar-refractivity contribution < 1.29 is 28.2 Å². The third-order valence-electron chi connectivity index (χ3n) is 5.56. The highest BCUT2D eigenvalue weighted by atomic mass is 19.1. The maximum atomic E-state index is 13.3. The molecule has 1 fully saturated rings. The van der Waals surface area contributed by atoms with Gasteiger partial charge in [0.2, 0.25) is 0 Å². The van der Waals surface area contributed by atoms with Gasteiger partial charge >= 0.3 is 11.9 Å². The fourth-order valence-electron chi connectivity index (χ4n) is 3.64. The normalized spacial score (nSPS) is 17.4. The van der Waals surface area contributed by atoms with Crippen LogP contribution in [0.25, 0.3) is 0 Å². The third kappa shape index (κ3) is 4.88. The van der Waals surface area contributed by atoms with E-state index in [2.05, 4.69) is 5.32 Å². The van der Waals surface area contributed by atoms with Crippen LogP contribution in [0.4, 0.5) is 4.39 Å². The summed E-state index contributed by atoms with van der Waals surface area (Å²) in [7, 11) is 1.26. The Labute approximate surface area is 164 Å². The van der Waals surface area contributed by atoms with Gasteiger partial charge < -0.3 is 14.8 Å². The Morgan fingerprint density at radius 2 is 1.79 bits per heavy atom. The molecular formula is C21H28FNO5. The molecule has 1 saturated carbocycles. The van der Waals surface area contributed by atoms with Crippen molar-refractivity contribution in [3.63, 3.8) is 0 Å². The predicted octanol–water partition coefficient (Wildman–Crippen LogP) is 2.88. The highest BCUT2D eigenvalue weighted by Crippen LogP contribution is 2.42. The molecule has 0 heterocycles. The molecule has 0 unspecified atom stereocenters. The van der Waals surface area contributed by atoms with Crippen LogP contribution in [0.5, 0.6) is 0 Å². The second kappa shape index (κ2) is 9.66. The van der Waals surface area contributed by atoms with Crippen molar-refractivity contribution in [3.8, 4) is 0 Å². The molecule has 1 amide bonds. The molecule has 0 spiro atoms. The first-order valence-electron chi connectivity index (χ1n) is 9.64. The summed E-state index contributed by atoms with van der Waals surface area (Å²) in [6.45, 7) is 3.25. The summed E-state index contributed by atoms with van der Waals surface area (Å²) < 4.78 is 23.3. The molecule has 1 aromatic rings. The summed E-state index contributed by atoms with van der Waals surface area (Å²) in [5, 5.41) is 2.58. The molecule has 1 aromatic carbocycles. The van der Waals surface area contributed by atoms with Gasteiger partial charge in [-0.25, -0.2) is 9.18 Å². The highest BCUT2D eigenvalue weighted by molar-refractivity contribution is 5.88. The van der Waals surface area contributed by atoms with Gasteiger partial charge in [0.25, 0.3) is 5.91 Å². The molecule has 2 rings (SSSR count). The summed E-state index contributed by atoms with van der Waals surface area (Å²) in [5.74, 6) is -2.08. The van der Waals surface area contributed by atoms with Gasteiger partial charge in [0.1, 0.15) is 11.9 Å². The number of amides is 1. The Morgan fingerprint density at radius 3 is 2.32 bits per heavy atom. The van der Waals surface area contributed by atoms with E-state index < -0.39 is 35.9 Å². The first-order valence-corrected chi connectivity index (χ1v) is 9.64. The number of carbonyl (C=O) groups is 3. The summed E-state index contributed by atoms with van der Waals surface area (Å²) in [4.78, 5) is 37.0. The molecule has 1 aliphatic carbocycles. The van der Waals surface area contributed by atoms with Crippen molar-refractivity contribution in [1.29, 1.82) is 0 Å². The number of benzene rings is 1. The standard InChI is InChI=1S/C21H28FNO5/c1-4-14(2)18(19(25)27-3)23-17(24)13-28-20(26)21(11-5-6-12-21)15-7-9-16(22)10-8-15/h7-10,14,18H,4-6,11-13H2,1-3H3,(H,23,24)/t14-,18+/m1/s1. The zero-order valence-electron chi connectivity index (χ0n) is 16.6. The first-order chi connectivity index (χ1) is 13.3. The average molecular weight is 393 g/mol. The van der Waals surface area contributed by atoms with Crippen LogP contribution in [0.2, 0.25) is 0 Å². The van der Waals surface area contributed by atoms with Gasteiger partial charge in [-0.15, -0.1) is 0 Å². The van der Waals surface area contributed by atoms with E-state index in [1.807, 2.05) is 13.8 Å². The van der Waals surface area contributed by atoms with Gasteiger partial charge in [0.05, 0.1) is 12.5 Å². The summed E-state index contributed by atoms with van der Waals surface area (Å²) in [6.07, 6.45) is 3.58. The quantitative estimate of drug-likeness (QED) is 0.687. The Kier molecular flexibility index (Phi) is 7.54. The minimum Gasteiger partial charge on any atom is -0.467 e. The molecule has 0 radical (unpaired) electrons. The van der Waals surface area contributed by atoms with Crippen molar-refractivity contribution in [1.82, 2.24) is 5.32 Å². The number of ether oxygens (including phenoxy) is 2. The zero-order valence-corrected chi connectivity index (χ0v) is 16.6. The number of rotatable bonds is 8. The first kappa shape index (κ1) is 21.9. The molecule has 1 aliphatic rings. The molecule has 1 N–H and O–H groups in total. The third-order valence-corrected chi connectivity index (χ3v) is 5.56. The Morgan fingerprint density at radius 1 is 1.18 bits per heavy atom. The van der Waals surface area contributed by atoms with E-state index in [9.17, 15) is 18.8 Å². The minimum absolute atomic E-state index is 0.118. The van der Waals surface area contributed by atoms with Gasteiger partial charge in [-0.2, -0.15) is 0 Å². The van der Waals surface area contributed by atoms with Crippen molar-refractivity contribution in [2.75, 3.05) is 13.7 Å². The summed E-state index contributed by atoms with van der Waals surface area (Å²) in [6, 6.07) is 5.04. The molecule has 0 aromatic heterocycles. The van der Waals surface area contributed by atoms with E-state index in [4.69, 9.17) is 9.47 Å². The SMILES string of the molecule is CC[C@@H](C)[C@H](NC(=O)COC(=O)C1(c2ccc(F)cc2)CCCC1)C(=O)OC. The second-order valence-electron chi connectivity index (χ2n) is 7.33. The van der Waals surface area contributed by atoms with Crippen LogP contribution < -0.4 is 5.32 Å². The summed E-state index contributed by atoms with van der Waals surface area (Å²) >= 11 is 0. The molecule has 0 saturated heterocycles. The van der Waals surface area contributed by atoms with Gasteiger partial charge in [-0.05, 0) is 36.5 Å². The van der Waals surface area contributed by atoms with Crippen LogP contribution in [0.3, 0.4) is 0 Å². The summed E-state index contributed by atoms with van der Waals surface area (Å²) in [5.41, 5.74) is -0.157. The number of esters is 2. The maximum absolute atomic E-state index is 13.3. The number of hydrogen-bond acceptors (Lipinski definition) is 5. The Balaban J connectivity index is 2.03. The topological polar surface area (TPSA) is 81.7 Å². The number of methoxy groups -OCH3 is 1. The average Bonchev–Trinajstić information content (AvgIpc) is 3.20. The van der Waals surface area contributed by atoms with E-state index >= 15 is 0 Å². The molecule has 0 aliphatic heterocycles. The van der Waals surface area contributed by atoms with Crippen LogP contribution in [-0.2, 0) is 29.3 Å². The second-order valence-corrected chi connectivity index (χ2v) is 7.33. The van der Waals surface area contributed by atoms with Crippen LogP contribution >= 0.6 is 0 Å². The van der Waals surface area contributed by atoms with Crippen molar-refractivity contribution in [2.45, 2.75) is 57.4 Å². The Hall–Kier alpha value is -2.44. The van der Waals surface area contributed by atoms with E-state index in [0.717, 1.165) is 12.8 Å². The van der Waals surface area contributed by atoms with Crippen LogP contribution in [-0.4, -0.2) is 37.6 Å². The lowest BCUT2D eigenvalue weighted by Crippen LogP contribution is -2.47. The van der Waals surface area contributed by atoms with Gasteiger partial charge in [-0.3, -0.25) is 9.59 Å². The lowest BCUT2D eigenvalue weighted by Gasteiger charge is -2.27. The van der Waals surface area contributed by atoms with Gasteiger partial charge in [-0.1, -0.05) is 45.2 Å². The number of nitrogens with one attached hydrogen (secondary N) is 1. The molecule has 2 atom stereocenters. The fourth-order valence-corrected chi connectivity index (χ4v) is 3.64. The van der Waals surface area contributed by atoms with Crippen LogP contribution in [0, 0.1) is 11.7 Å². The molecule has 154 valence electrons. The van der Waals surface area contributed by atoms with E-state index in [0.29, 0.717) is 24.8 Å². The molecule has 0 bridgehead atoms. The minimum atomic E-state index is -0.855. The lowest BCUT2D eigenvalue weighted by molar-refractivity contribution is -0.155. The van der Waals surface area contributed by atoms with Crippen molar-refractivity contribution in [3.05, 3.63) is 35.6 Å². The number of hydrogen-bond donors (Lipinski definition) is 1. The van der Waals surface area contributed by atoms with E-state index in [1.54, 1.807) is 12.1 Å². The monoisotopic (exact) mass is 393 g/mol. The smallest absolute Gasteiger partial charge is 0.328 e. The fraction of sp³-hybridized carbons (Fsp3) is 0.571. The number of halogens is 1. The largest absolute Gasteiger partial charge is 0.467 e. The highest BCUT2D eigenvalue weighted by Gasteiger charge is 2.44. The van der Waals surface area contributed by atoms with Crippen LogP contribution in [0.15, 0.2) is 24.3 Å². The van der Waals surface area contributed by atoms with E-state index in [1.165, 1.54) is 19.2 Å². The molecule has 6 nitrogen and oxygen atoms in total. The number of carbonyl (C=O) groups excluding carboxylic acids is 3. The Bertz CT molecular complexity index is 697. The molecule has 28 heavy (non-hydrogen) atoms. The van der Waals surface area contributed by atoms with E-state index in [-0.39, 0.29) is 11.7 Å².